The number of alkyl halides is 3. The second kappa shape index (κ2) is 7.42. The highest BCUT2D eigenvalue weighted by Crippen LogP contribution is 2.60. The van der Waals surface area contributed by atoms with Crippen molar-refractivity contribution in [3.05, 3.63) is 41.5 Å². The Hall–Kier alpha value is -1.14. The van der Waals surface area contributed by atoms with Gasteiger partial charge in [-0.05, 0) is 37.1 Å². The quantitative estimate of drug-likeness (QED) is 0.747. The lowest BCUT2D eigenvalue weighted by Gasteiger charge is -2.21. The zero-order chi connectivity index (χ0) is 17.0. The number of hydrogen-bond acceptors (Lipinski definition) is 4. The van der Waals surface area contributed by atoms with Gasteiger partial charge in [-0.25, -0.2) is 0 Å². The van der Waals surface area contributed by atoms with Gasteiger partial charge in [0.2, 0.25) is 0 Å². The van der Waals surface area contributed by atoms with Crippen molar-refractivity contribution in [3.63, 3.8) is 0 Å². The Labute approximate surface area is 127 Å². The molecule has 1 rings (SSSR count). The van der Waals surface area contributed by atoms with E-state index in [-0.39, 0.29) is 29.7 Å². The molecule has 8 heteroatoms. The Morgan fingerprint density at radius 2 is 1.82 bits per heavy atom. The van der Waals surface area contributed by atoms with Crippen molar-refractivity contribution < 1.29 is 31.9 Å². The van der Waals surface area contributed by atoms with Crippen LogP contribution in [0.5, 0.6) is 0 Å². The van der Waals surface area contributed by atoms with Gasteiger partial charge in [0.25, 0.3) is 0 Å². The molecule has 0 unspecified atom stereocenters. The van der Waals surface area contributed by atoms with Gasteiger partial charge in [0.05, 0.1) is 30.7 Å². The van der Waals surface area contributed by atoms with E-state index < -0.39 is 25.9 Å². The molecule has 0 aliphatic rings. The Bertz CT molecular complexity index is 574. The third-order valence-electron chi connectivity index (χ3n) is 2.84. The molecule has 0 aliphatic carbocycles. The van der Waals surface area contributed by atoms with Crippen LogP contribution in [0.2, 0.25) is 0 Å². The molecule has 0 radical (unpaired) electrons. The number of hydrogen-bond donors (Lipinski definition) is 1. The minimum Gasteiger partial charge on any atom is -0.392 e. The van der Waals surface area contributed by atoms with Crippen LogP contribution < -0.4 is 0 Å². The molecule has 0 fully saturated rings. The van der Waals surface area contributed by atoms with Crippen LogP contribution in [-0.4, -0.2) is 18.3 Å². The highest BCUT2D eigenvalue weighted by Gasteiger charge is 2.34. The number of aliphatic hydroxyl groups excluding tert-OH is 1. The molecule has 0 spiro atoms. The summed E-state index contributed by atoms with van der Waals surface area (Å²) >= 11 is 0. The molecule has 0 saturated carbocycles. The maximum atomic E-state index is 12.7. The molecule has 124 valence electrons. The summed E-state index contributed by atoms with van der Waals surface area (Å²) in [6.07, 6.45) is -4.53. The Morgan fingerprint density at radius 3 is 2.23 bits per heavy atom. The first-order valence-corrected chi connectivity index (χ1v) is 8.13. The minimum absolute atomic E-state index is 0.0422. The van der Waals surface area contributed by atoms with Crippen molar-refractivity contribution in [3.8, 4) is 0 Å². The van der Waals surface area contributed by atoms with Crippen LogP contribution in [0.1, 0.15) is 30.5 Å². The van der Waals surface area contributed by atoms with Gasteiger partial charge in [0.15, 0.2) is 0 Å². The maximum absolute atomic E-state index is 12.7. The molecule has 0 heterocycles. The minimum atomic E-state index is -4.53. The molecule has 0 amide bonds. The molecule has 22 heavy (non-hydrogen) atoms. The first-order chi connectivity index (χ1) is 10.2. The standard InChI is InChI=1S/C14H18F3O4P/c1-4-20-22(19,21-5-2)10(3)13-7-6-12(14(15,16)17)8-11(13)9-18/h6-8,18H,3-5,9H2,1-2H3. The van der Waals surface area contributed by atoms with E-state index in [0.29, 0.717) is 0 Å². The third-order valence-corrected chi connectivity index (χ3v) is 4.94. The number of halogens is 3. The third kappa shape index (κ3) is 4.20. The number of aliphatic hydroxyl groups is 1. The summed E-state index contributed by atoms with van der Waals surface area (Å²) in [4.78, 5) is 0. The molecule has 1 aromatic rings. The van der Waals surface area contributed by atoms with E-state index in [2.05, 4.69) is 6.58 Å². The van der Waals surface area contributed by atoms with Gasteiger partial charge in [-0.3, -0.25) is 4.57 Å². The van der Waals surface area contributed by atoms with Crippen molar-refractivity contribution >= 4 is 12.9 Å². The van der Waals surface area contributed by atoms with E-state index in [1.54, 1.807) is 13.8 Å². The molecule has 0 saturated heterocycles. The molecule has 0 bridgehead atoms. The summed E-state index contributed by atoms with van der Waals surface area (Å²) in [5, 5.41) is 9.23. The normalized spacial score (nSPS) is 12.5. The Morgan fingerprint density at radius 1 is 1.27 bits per heavy atom. The van der Waals surface area contributed by atoms with E-state index in [0.717, 1.165) is 18.2 Å². The predicted molar refractivity (Wildman–Crippen MR) is 77.3 cm³/mol. The van der Waals surface area contributed by atoms with Crippen LogP contribution in [0.4, 0.5) is 13.2 Å². The van der Waals surface area contributed by atoms with Crippen LogP contribution in [0.3, 0.4) is 0 Å². The van der Waals surface area contributed by atoms with Gasteiger partial charge in [-0.1, -0.05) is 12.6 Å². The topological polar surface area (TPSA) is 55.8 Å². The smallest absolute Gasteiger partial charge is 0.392 e. The second-order valence-corrected chi connectivity index (χ2v) is 6.36. The zero-order valence-electron chi connectivity index (χ0n) is 12.3. The van der Waals surface area contributed by atoms with Crippen LogP contribution in [0, 0.1) is 0 Å². The fourth-order valence-electron chi connectivity index (χ4n) is 1.86. The molecule has 1 aromatic carbocycles. The van der Waals surface area contributed by atoms with Gasteiger partial charge < -0.3 is 14.2 Å². The van der Waals surface area contributed by atoms with Crippen LogP contribution in [0.15, 0.2) is 24.8 Å². The van der Waals surface area contributed by atoms with Crippen LogP contribution in [0.25, 0.3) is 5.31 Å². The molecule has 1 N–H and O–H groups in total. The summed E-state index contributed by atoms with van der Waals surface area (Å²) < 4.78 is 61.0. The lowest BCUT2D eigenvalue weighted by Crippen LogP contribution is -2.07. The average Bonchev–Trinajstić information content (AvgIpc) is 2.45. The van der Waals surface area contributed by atoms with Crippen LogP contribution in [-0.2, 0) is 26.4 Å². The highest BCUT2D eigenvalue weighted by atomic mass is 31.2. The van der Waals surface area contributed by atoms with E-state index in [1.165, 1.54) is 0 Å². The van der Waals surface area contributed by atoms with E-state index in [4.69, 9.17) is 9.05 Å². The average molecular weight is 338 g/mol. The number of benzene rings is 1. The zero-order valence-corrected chi connectivity index (χ0v) is 13.2. The van der Waals surface area contributed by atoms with Gasteiger partial charge in [0, 0.05) is 0 Å². The lowest BCUT2D eigenvalue weighted by atomic mass is 10.0. The van der Waals surface area contributed by atoms with Crippen molar-refractivity contribution in [2.24, 2.45) is 0 Å². The maximum Gasteiger partial charge on any atom is 0.416 e. The number of rotatable bonds is 7. The Kier molecular flexibility index (Phi) is 6.38. The molecule has 4 nitrogen and oxygen atoms in total. The van der Waals surface area contributed by atoms with Gasteiger partial charge >= 0.3 is 13.8 Å². The van der Waals surface area contributed by atoms with E-state index in [9.17, 15) is 22.8 Å². The fourth-order valence-corrected chi connectivity index (χ4v) is 3.44. The van der Waals surface area contributed by atoms with Crippen molar-refractivity contribution in [2.75, 3.05) is 13.2 Å². The first-order valence-electron chi connectivity index (χ1n) is 6.59. The molecule has 0 aliphatic heterocycles. The van der Waals surface area contributed by atoms with Gasteiger partial charge in [0.1, 0.15) is 0 Å². The van der Waals surface area contributed by atoms with Gasteiger partial charge in [-0.2, -0.15) is 13.2 Å². The van der Waals surface area contributed by atoms with Crippen molar-refractivity contribution in [2.45, 2.75) is 26.6 Å². The summed E-state index contributed by atoms with van der Waals surface area (Å²) in [6.45, 7) is 6.37. The summed E-state index contributed by atoms with van der Waals surface area (Å²) in [5.41, 5.74) is -0.823. The highest BCUT2D eigenvalue weighted by molar-refractivity contribution is 7.65. The van der Waals surface area contributed by atoms with Crippen LogP contribution >= 0.6 is 7.60 Å². The molecule has 0 aromatic heterocycles. The van der Waals surface area contributed by atoms with E-state index >= 15 is 0 Å². The molecule has 0 atom stereocenters. The monoisotopic (exact) mass is 338 g/mol. The second-order valence-electron chi connectivity index (χ2n) is 4.31. The summed E-state index contributed by atoms with van der Waals surface area (Å²) in [7, 11) is -3.72. The Balaban J connectivity index is 3.30. The molecular formula is C14H18F3O4P. The fraction of sp³-hybridized carbons (Fsp3) is 0.429. The molecular weight excluding hydrogens is 320 g/mol. The lowest BCUT2D eigenvalue weighted by molar-refractivity contribution is -0.137. The summed E-state index contributed by atoms with van der Waals surface area (Å²) in [6, 6.07) is 2.74. The van der Waals surface area contributed by atoms with Crippen molar-refractivity contribution in [1.82, 2.24) is 0 Å². The van der Waals surface area contributed by atoms with E-state index in [1.807, 2.05) is 0 Å². The largest absolute Gasteiger partial charge is 0.416 e. The summed E-state index contributed by atoms with van der Waals surface area (Å²) in [5.74, 6) is 0. The first kappa shape index (κ1) is 18.9. The predicted octanol–water partition coefficient (Wildman–Crippen LogP) is 4.43. The van der Waals surface area contributed by atoms with Crippen molar-refractivity contribution in [1.29, 1.82) is 0 Å². The van der Waals surface area contributed by atoms with Gasteiger partial charge in [-0.15, -0.1) is 0 Å². The SMILES string of the molecule is C=C(c1ccc(C(F)(F)F)cc1CO)P(=O)(OCC)OCC.